The molecule has 1 amide bonds. The Morgan fingerprint density at radius 2 is 1.89 bits per heavy atom. The third kappa shape index (κ3) is 3.45. The highest BCUT2D eigenvalue weighted by molar-refractivity contribution is 5.93. The molecule has 100 valence electrons. The Labute approximate surface area is 112 Å². The molecule has 0 saturated heterocycles. The van der Waals surface area contributed by atoms with Crippen LogP contribution in [0.2, 0.25) is 0 Å². The first-order valence-corrected chi connectivity index (χ1v) is 6.25. The molecule has 0 atom stereocenters. The molecule has 2 N–H and O–H groups in total. The molecule has 0 unspecified atom stereocenters. The van der Waals surface area contributed by atoms with Gasteiger partial charge in [-0.05, 0) is 36.2 Å². The van der Waals surface area contributed by atoms with Crippen LogP contribution in [0, 0.1) is 6.92 Å². The van der Waals surface area contributed by atoms with E-state index in [1.54, 1.807) is 13.3 Å². The number of carbonyl (C=O) groups is 1. The van der Waals surface area contributed by atoms with Gasteiger partial charge in [-0.3, -0.25) is 4.79 Å². The lowest BCUT2D eigenvalue weighted by Crippen LogP contribution is -2.18. The van der Waals surface area contributed by atoms with E-state index in [-0.39, 0.29) is 5.91 Å². The van der Waals surface area contributed by atoms with Crippen LogP contribution in [-0.2, 0) is 13.1 Å². The van der Waals surface area contributed by atoms with Crippen molar-refractivity contribution >= 4 is 5.91 Å². The number of rotatable bonds is 5. The van der Waals surface area contributed by atoms with Crippen LogP contribution < -0.4 is 10.6 Å². The molecule has 19 heavy (non-hydrogen) atoms. The summed E-state index contributed by atoms with van der Waals surface area (Å²) in [5.74, 6) is 0.896. The normalized spacial score (nSPS) is 10.4. The first-order chi connectivity index (χ1) is 9.20. The van der Waals surface area contributed by atoms with E-state index in [1.807, 2.05) is 37.3 Å². The molecule has 0 aliphatic heterocycles. The summed E-state index contributed by atoms with van der Waals surface area (Å²) >= 11 is 0. The maximum atomic E-state index is 11.4. The molecule has 1 aromatic carbocycles. The number of hydrogen-bond acceptors (Lipinski definition) is 3. The summed E-state index contributed by atoms with van der Waals surface area (Å²) in [7, 11) is 1.63. The Balaban J connectivity index is 1.86. The van der Waals surface area contributed by atoms with Gasteiger partial charge < -0.3 is 15.1 Å². The molecule has 0 spiro atoms. The molecule has 0 aliphatic rings. The Hall–Kier alpha value is -2.07. The lowest BCUT2D eigenvalue weighted by atomic mass is 10.1. The van der Waals surface area contributed by atoms with Crippen molar-refractivity contribution in [3.8, 4) is 0 Å². The zero-order chi connectivity index (χ0) is 13.7. The predicted octanol–water partition coefficient (Wildman–Crippen LogP) is 2.24. The molecule has 2 rings (SSSR count). The number of aryl methyl sites for hydroxylation is 1. The average molecular weight is 258 g/mol. The van der Waals surface area contributed by atoms with Gasteiger partial charge in [0.05, 0.1) is 12.8 Å². The van der Waals surface area contributed by atoms with Crippen LogP contribution in [0.3, 0.4) is 0 Å². The minimum Gasteiger partial charge on any atom is -0.468 e. The molecule has 0 radical (unpaired) electrons. The minimum atomic E-state index is -0.0641. The molecular weight excluding hydrogens is 240 g/mol. The summed E-state index contributed by atoms with van der Waals surface area (Å²) in [6.07, 6.45) is 1.70. The molecule has 0 saturated carbocycles. The highest BCUT2D eigenvalue weighted by Gasteiger charge is 2.03. The van der Waals surface area contributed by atoms with Gasteiger partial charge in [-0.1, -0.05) is 12.1 Å². The Bertz CT molecular complexity index is 544. The highest BCUT2D eigenvalue weighted by atomic mass is 16.3. The van der Waals surface area contributed by atoms with Gasteiger partial charge in [0.25, 0.3) is 5.91 Å². The molecule has 0 fully saturated rings. The lowest BCUT2D eigenvalue weighted by Gasteiger charge is -2.05. The Kier molecular flexibility index (Phi) is 4.36. The standard InChI is InChI=1S/C15H18N2O2/c1-11-7-8-19-14(11)10-17-9-12-3-5-13(6-4-12)15(18)16-2/h3-8,17H,9-10H2,1-2H3,(H,16,18). The number of carbonyl (C=O) groups excluding carboxylic acids is 1. The van der Waals surface area contributed by atoms with Crippen molar-refractivity contribution < 1.29 is 9.21 Å². The second-order valence-corrected chi connectivity index (χ2v) is 4.41. The van der Waals surface area contributed by atoms with Crippen LogP contribution in [0.25, 0.3) is 0 Å². The van der Waals surface area contributed by atoms with E-state index in [0.717, 1.165) is 23.4 Å². The van der Waals surface area contributed by atoms with Crippen molar-refractivity contribution in [3.63, 3.8) is 0 Å². The van der Waals surface area contributed by atoms with Gasteiger partial charge >= 0.3 is 0 Å². The van der Waals surface area contributed by atoms with Crippen LogP contribution >= 0.6 is 0 Å². The molecule has 0 aliphatic carbocycles. The summed E-state index contributed by atoms with van der Waals surface area (Å²) in [5, 5.41) is 5.91. The van der Waals surface area contributed by atoms with Crippen LogP contribution in [0.15, 0.2) is 41.0 Å². The summed E-state index contributed by atoms with van der Waals surface area (Å²) in [6, 6.07) is 9.51. The minimum absolute atomic E-state index is 0.0641. The third-order valence-electron chi connectivity index (χ3n) is 3.03. The molecule has 4 nitrogen and oxygen atoms in total. The van der Waals surface area contributed by atoms with Crippen molar-refractivity contribution in [1.82, 2.24) is 10.6 Å². The fourth-order valence-electron chi connectivity index (χ4n) is 1.82. The SMILES string of the molecule is CNC(=O)c1ccc(CNCc2occc2C)cc1. The fraction of sp³-hybridized carbons (Fsp3) is 0.267. The first kappa shape index (κ1) is 13.4. The number of benzene rings is 1. The molecule has 4 heteroatoms. The van der Waals surface area contributed by atoms with Gasteiger partial charge in [-0.15, -0.1) is 0 Å². The molecule has 1 aromatic heterocycles. The van der Waals surface area contributed by atoms with Crippen molar-refractivity contribution in [2.45, 2.75) is 20.0 Å². The van der Waals surface area contributed by atoms with Crippen molar-refractivity contribution in [2.75, 3.05) is 7.05 Å². The van der Waals surface area contributed by atoms with E-state index < -0.39 is 0 Å². The maximum Gasteiger partial charge on any atom is 0.251 e. The summed E-state index contributed by atoms with van der Waals surface area (Å²) < 4.78 is 5.35. The molecule has 1 heterocycles. The molecule has 0 bridgehead atoms. The number of amides is 1. The van der Waals surface area contributed by atoms with Crippen molar-refractivity contribution in [3.05, 3.63) is 59.0 Å². The monoisotopic (exact) mass is 258 g/mol. The number of furan rings is 1. The number of nitrogens with one attached hydrogen (secondary N) is 2. The number of hydrogen-bond donors (Lipinski definition) is 2. The zero-order valence-electron chi connectivity index (χ0n) is 11.2. The van der Waals surface area contributed by atoms with E-state index in [9.17, 15) is 4.79 Å². The average Bonchev–Trinajstić information content (AvgIpc) is 2.84. The van der Waals surface area contributed by atoms with E-state index in [4.69, 9.17) is 4.42 Å². The van der Waals surface area contributed by atoms with Crippen molar-refractivity contribution in [2.24, 2.45) is 0 Å². The van der Waals surface area contributed by atoms with Gasteiger partial charge in [0.15, 0.2) is 0 Å². The maximum absolute atomic E-state index is 11.4. The fourth-order valence-corrected chi connectivity index (χ4v) is 1.82. The van der Waals surface area contributed by atoms with Crippen molar-refractivity contribution in [1.29, 1.82) is 0 Å². The van der Waals surface area contributed by atoms with Gasteiger partial charge in [-0.2, -0.15) is 0 Å². The second-order valence-electron chi connectivity index (χ2n) is 4.41. The van der Waals surface area contributed by atoms with E-state index in [2.05, 4.69) is 10.6 Å². The second kappa shape index (κ2) is 6.20. The topological polar surface area (TPSA) is 54.3 Å². The molecule has 2 aromatic rings. The molecular formula is C15H18N2O2. The van der Waals surface area contributed by atoms with Gasteiger partial charge in [0.1, 0.15) is 5.76 Å². The summed E-state index contributed by atoms with van der Waals surface area (Å²) in [6.45, 7) is 3.48. The summed E-state index contributed by atoms with van der Waals surface area (Å²) in [4.78, 5) is 11.4. The smallest absolute Gasteiger partial charge is 0.251 e. The van der Waals surface area contributed by atoms with Gasteiger partial charge in [-0.25, -0.2) is 0 Å². The zero-order valence-corrected chi connectivity index (χ0v) is 11.2. The van der Waals surface area contributed by atoms with E-state index in [1.165, 1.54) is 0 Å². The highest BCUT2D eigenvalue weighted by Crippen LogP contribution is 2.09. The van der Waals surface area contributed by atoms with E-state index in [0.29, 0.717) is 12.1 Å². The Morgan fingerprint density at radius 3 is 2.47 bits per heavy atom. The van der Waals surface area contributed by atoms with Crippen LogP contribution in [0.4, 0.5) is 0 Å². The van der Waals surface area contributed by atoms with Crippen LogP contribution in [0.1, 0.15) is 27.2 Å². The third-order valence-corrected chi connectivity index (χ3v) is 3.03. The quantitative estimate of drug-likeness (QED) is 0.864. The van der Waals surface area contributed by atoms with Crippen LogP contribution in [0.5, 0.6) is 0 Å². The van der Waals surface area contributed by atoms with Crippen LogP contribution in [-0.4, -0.2) is 13.0 Å². The lowest BCUT2D eigenvalue weighted by molar-refractivity contribution is 0.0963. The van der Waals surface area contributed by atoms with E-state index >= 15 is 0 Å². The van der Waals surface area contributed by atoms with Gasteiger partial charge in [0.2, 0.25) is 0 Å². The summed E-state index contributed by atoms with van der Waals surface area (Å²) in [5.41, 5.74) is 2.97. The first-order valence-electron chi connectivity index (χ1n) is 6.25. The Morgan fingerprint density at radius 1 is 1.16 bits per heavy atom. The predicted molar refractivity (Wildman–Crippen MR) is 73.8 cm³/mol. The van der Waals surface area contributed by atoms with Gasteiger partial charge in [0, 0.05) is 19.2 Å². The largest absolute Gasteiger partial charge is 0.468 e.